The molecule has 0 aromatic carbocycles. The van der Waals surface area contributed by atoms with E-state index in [-0.39, 0.29) is 5.78 Å². The van der Waals surface area contributed by atoms with Crippen LogP contribution in [0.5, 0.6) is 0 Å². The topological polar surface area (TPSA) is 41.4 Å². The van der Waals surface area contributed by atoms with Gasteiger partial charge in [-0.25, -0.2) is 0 Å². The Morgan fingerprint density at radius 2 is 1.95 bits per heavy atom. The fourth-order valence-corrected chi connectivity index (χ4v) is 1.77. The van der Waals surface area contributed by atoms with E-state index in [1.54, 1.807) is 4.68 Å². The van der Waals surface area contributed by atoms with Gasteiger partial charge in [0, 0.05) is 6.54 Å². The summed E-state index contributed by atoms with van der Waals surface area (Å²) in [4.78, 5) is 16.6. The minimum Gasteiger partial charge on any atom is -0.308 e. The standard InChI is InChI=1S/C13H23ClN4O/c1-13(2,17(5)6)12(19)11-10(14)9-15-18(11)8-7-16(3)4/h9H,7-8H2,1-6H3. The van der Waals surface area contributed by atoms with Gasteiger partial charge < -0.3 is 4.90 Å². The van der Waals surface area contributed by atoms with Crippen LogP contribution in [0.1, 0.15) is 24.3 Å². The van der Waals surface area contributed by atoms with Gasteiger partial charge in [-0.1, -0.05) is 11.6 Å². The summed E-state index contributed by atoms with van der Waals surface area (Å²) in [5, 5.41) is 4.62. The highest BCUT2D eigenvalue weighted by molar-refractivity contribution is 6.34. The lowest BCUT2D eigenvalue weighted by molar-refractivity contribution is 0.0743. The molecule has 1 heterocycles. The molecule has 19 heavy (non-hydrogen) atoms. The maximum Gasteiger partial charge on any atom is 0.201 e. The number of halogens is 1. The molecular weight excluding hydrogens is 264 g/mol. The van der Waals surface area contributed by atoms with Gasteiger partial charge in [-0.05, 0) is 42.0 Å². The van der Waals surface area contributed by atoms with Crippen LogP contribution in [-0.2, 0) is 6.54 Å². The number of rotatable bonds is 6. The molecule has 0 aliphatic carbocycles. The van der Waals surface area contributed by atoms with Gasteiger partial charge in [-0.2, -0.15) is 5.10 Å². The molecule has 1 aromatic rings. The Hall–Kier alpha value is -0.910. The van der Waals surface area contributed by atoms with Crippen molar-refractivity contribution in [1.29, 1.82) is 0 Å². The van der Waals surface area contributed by atoms with E-state index < -0.39 is 5.54 Å². The monoisotopic (exact) mass is 286 g/mol. The lowest BCUT2D eigenvalue weighted by Crippen LogP contribution is -2.46. The highest BCUT2D eigenvalue weighted by Crippen LogP contribution is 2.23. The lowest BCUT2D eigenvalue weighted by atomic mass is 9.95. The predicted molar refractivity (Wildman–Crippen MR) is 77.9 cm³/mol. The third kappa shape index (κ3) is 3.55. The zero-order chi connectivity index (χ0) is 14.8. The van der Waals surface area contributed by atoms with E-state index in [2.05, 4.69) is 5.10 Å². The Morgan fingerprint density at radius 1 is 1.37 bits per heavy atom. The van der Waals surface area contributed by atoms with E-state index in [0.717, 1.165) is 6.54 Å². The SMILES string of the molecule is CN(C)CCn1ncc(Cl)c1C(=O)C(C)(C)N(C)C. The zero-order valence-corrected chi connectivity index (χ0v) is 13.3. The molecule has 0 N–H and O–H groups in total. The van der Waals surface area contributed by atoms with Crippen LogP contribution in [0.3, 0.4) is 0 Å². The zero-order valence-electron chi connectivity index (χ0n) is 12.6. The molecule has 0 aliphatic rings. The second kappa shape index (κ2) is 6.03. The first kappa shape index (κ1) is 16.1. The van der Waals surface area contributed by atoms with Crippen LogP contribution in [0.4, 0.5) is 0 Å². The van der Waals surface area contributed by atoms with Crippen molar-refractivity contribution < 1.29 is 4.79 Å². The Morgan fingerprint density at radius 3 is 2.42 bits per heavy atom. The first-order valence-electron chi connectivity index (χ1n) is 6.26. The van der Waals surface area contributed by atoms with Gasteiger partial charge in [0.2, 0.25) is 5.78 Å². The first-order chi connectivity index (χ1) is 8.67. The van der Waals surface area contributed by atoms with Crippen LogP contribution >= 0.6 is 11.6 Å². The van der Waals surface area contributed by atoms with Crippen molar-refractivity contribution >= 4 is 17.4 Å². The number of carbonyl (C=O) groups is 1. The molecule has 0 saturated heterocycles. The molecule has 5 nitrogen and oxygen atoms in total. The van der Waals surface area contributed by atoms with Crippen molar-refractivity contribution in [1.82, 2.24) is 19.6 Å². The number of aromatic nitrogens is 2. The maximum absolute atomic E-state index is 12.7. The van der Waals surface area contributed by atoms with E-state index in [0.29, 0.717) is 17.3 Å². The van der Waals surface area contributed by atoms with Gasteiger partial charge in [-0.3, -0.25) is 14.4 Å². The predicted octanol–water partition coefficient (Wildman–Crippen LogP) is 1.62. The number of hydrogen-bond donors (Lipinski definition) is 0. The third-order valence-electron chi connectivity index (χ3n) is 3.44. The van der Waals surface area contributed by atoms with Gasteiger partial charge >= 0.3 is 0 Å². The highest BCUT2D eigenvalue weighted by atomic mass is 35.5. The van der Waals surface area contributed by atoms with Crippen LogP contribution in [0.15, 0.2) is 6.20 Å². The molecule has 6 heteroatoms. The summed E-state index contributed by atoms with van der Waals surface area (Å²) in [5.41, 5.74) is -0.123. The number of likely N-dealkylation sites (N-methyl/N-ethyl adjacent to an activating group) is 2. The second-order valence-corrected chi connectivity index (χ2v) is 6.06. The van der Waals surface area contributed by atoms with Crippen molar-refractivity contribution in [3.8, 4) is 0 Å². The van der Waals surface area contributed by atoms with E-state index in [4.69, 9.17) is 11.6 Å². The molecule has 108 valence electrons. The molecule has 1 aromatic heterocycles. The van der Waals surface area contributed by atoms with E-state index in [9.17, 15) is 4.79 Å². The van der Waals surface area contributed by atoms with Gasteiger partial charge in [0.15, 0.2) is 0 Å². The first-order valence-corrected chi connectivity index (χ1v) is 6.64. The van der Waals surface area contributed by atoms with E-state index in [1.807, 2.05) is 51.8 Å². The largest absolute Gasteiger partial charge is 0.308 e. The van der Waals surface area contributed by atoms with Crippen LogP contribution < -0.4 is 0 Å². The smallest absolute Gasteiger partial charge is 0.201 e. The minimum atomic E-state index is -0.612. The normalized spacial score (nSPS) is 12.5. The number of nitrogens with zero attached hydrogens (tertiary/aromatic N) is 4. The van der Waals surface area contributed by atoms with Crippen molar-refractivity contribution in [2.24, 2.45) is 0 Å². The average molecular weight is 287 g/mol. The molecule has 0 atom stereocenters. The highest BCUT2D eigenvalue weighted by Gasteiger charge is 2.34. The molecule has 0 bridgehead atoms. The molecule has 0 unspecified atom stereocenters. The van der Waals surface area contributed by atoms with Crippen molar-refractivity contribution in [2.45, 2.75) is 25.9 Å². The number of ketones is 1. The van der Waals surface area contributed by atoms with Crippen LogP contribution in [-0.4, -0.2) is 65.6 Å². The Labute approximate surface area is 120 Å². The van der Waals surface area contributed by atoms with Gasteiger partial charge in [0.05, 0.1) is 23.3 Å². The number of hydrogen-bond acceptors (Lipinski definition) is 4. The average Bonchev–Trinajstić information content (AvgIpc) is 2.66. The fourth-order valence-electron chi connectivity index (χ4n) is 1.55. The minimum absolute atomic E-state index is 0.0150. The molecule has 0 amide bonds. The lowest BCUT2D eigenvalue weighted by Gasteiger charge is -2.31. The summed E-state index contributed by atoms with van der Waals surface area (Å²) in [6, 6.07) is 0. The Balaban J connectivity index is 3.06. The van der Waals surface area contributed by atoms with Crippen LogP contribution in [0.2, 0.25) is 5.02 Å². The van der Waals surface area contributed by atoms with Crippen LogP contribution in [0, 0.1) is 0 Å². The van der Waals surface area contributed by atoms with Gasteiger partial charge in [0.25, 0.3) is 0 Å². The fraction of sp³-hybridized carbons (Fsp3) is 0.692. The van der Waals surface area contributed by atoms with Gasteiger partial charge in [0.1, 0.15) is 5.69 Å². The summed E-state index contributed by atoms with van der Waals surface area (Å²) in [5.74, 6) is -0.0150. The van der Waals surface area contributed by atoms with Crippen molar-refractivity contribution in [3.63, 3.8) is 0 Å². The third-order valence-corrected chi connectivity index (χ3v) is 3.72. The Kier molecular flexibility index (Phi) is 5.12. The second-order valence-electron chi connectivity index (χ2n) is 5.65. The molecule has 0 saturated carbocycles. The molecular formula is C13H23ClN4O. The summed E-state index contributed by atoms with van der Waals surface area (Å²) < 4.78 is 1.69. The molecule has 0 radical (unpaired) electrons. The van der Waals surface area contributed by atoms with E-state index in [1.165, 1.54) is 6.20 Å². The summed E-state index contributed by atoms with van der Waals surface area (Å²) in [6.45, 7) is 5.22. The van der Waals surface area contributed by atoms with Crippen LogP contribution in [0.25, 0.3) is 0 Å². The summed E-state index contributed by atoms with van der Waals surface area (Å²) >= 11 is 6.13. The molecule has 1 rings (SSSR count). The maximum atomic E-state index is 12.7. The summed E-state index contributed by atoms with van der Waals surface area (Å²) in [7, 11) is 7.73. The summed E-state index contributed by atoms with van der Waals surface area (Å²) in [6.07, 6.45) is 1.54. The number of carbonyl (C=O) groups excluding carboxylic acids is 1. The van der Waals surface area contributed by atoms with Crippen molar-refractivity contribution in [3.05, 3.63) is 16.9 Å². The molecule has 0 aliphatic heterocycles. The molecule has 0 spiro atoms. The Bertz CT molecular complexity index is 451. The van der Waals surface area contributed by atoms with Crippen molar-refractivity contribution in [2.75, 3.05) is 34.7 Å². The molecule has 0 fully saturated rings. The number of Topliss-reactive ketones (excluding diaryl/α,β-unsaturated/α-hetero) is 1. The quantitative estimate of drug-likeness (QED) is 0.745. The van der Waals surface area contributed by atoms with Gasteiger partial charge in [-0.15, -0.1) is 0 Å². The van der Waals surface area contributed by atoms with E-state index >= 15 is 0 Å².